The molecular formula is C9H16O. The van der Waals surface area contributed by atoms with Crippen molar-refractivity contribution in [2.75, 3.05) is 0 Å². The molecule has 0 aromatic rings. The maximum absolute atomic E-state index is 7.96. The summed E-state index contributed by atoms with van der Waals surface area (Å²) in [7, 11) is 0. The van der Waals surface area contributed by atoms with Crippen LogP contribution in [0, 0.1) is 5.92 Å². The first-order chi connectivity index (χ1) is 5.19. The molecule has 1 heterocycles. The zero-order chi connectivity index (χ0) is 8.06. The maximum Gasteiger partial charge on any atom is 0.0687 e. The average Bonchev–Trinajstić information content (AvgIpc) is 2.42. The molecule has 1 saturated carbocycles. The molecular weight excluding hydrogens is 124 g/mol. The van der Waals surface area contributed by atoms with Crippen LogP contribution in [0.3, 0.4) is 0 Å². The lowest BCUT2D eigenvalue weighted by Crippen LogP contribution is -2.28. The number of hydrogen-bond acceptors (Lipinski definition) is 1. The Hall–Kier alpha value is -0.0400. The van der Waals surface area contributed by atoms with E-state index in [1.165, 1.54) is 6.42 Å². The molecule has 0 aromatic carbocycles. The summed E-state index contributed by atoms with van der Waals surface area (Å²) in [6.07, 6.45) is 3.74. The van der Waals surface area contributed by atoms with Crippen LogP contribution in [0.15, 0.2) is 0 Å². The van der Waals surface area contributed by atoms with Crippen LogP contribution >= 0.6 is 0 Å². The van der Waals surface area contributed by atoms with Gasteiger partial charge in [0, 0.05) is 1.37 Å². The summed E-state index contributed by atoms with van der Waals surface area (Å²) in [5.41, 5.74) is -0.0515. The summed E-state index contributed by atoms with van der Waals surface area (Å²) < 4.78 is 13.8. The molecule has 1 aliphatic heterocycles. The highest BCUT2D eigenvalue weighted by Crippen LogP contribution is 2.49. The van der Waals surface area contributed by atoms with Crippen molar-refractivity contribution in [1.29, 1.82) is 0 Å². The minimum atomic E-state index is -0.0515. The molecule has 1 saturated heterocycles. The fourth-order valence-electron chi connectivity index (χ4n) is 2.27. The molecule has 0 radical (unpaired) electrons. The summed E-state index contributed by atoms with van der Waals surface area (Å²) in [5, 5.41) is 0. The highest BCUT2D eigenvalue weighted by molar-refractivity contribution is 4.98. The second-order valence-electron chi connectivity index (χ2n) is 3.61. The minimum Gasteiger partial charge on any atom is -0.372 e. The first-order valence-electron chi connectivity index (χ1n) is 4.87. The van der Waals surface area contributed by atoms with Crippen molar-refractivity contribution in [2.45, 2.75) is 51.2 Å². The van der Waals surface area contributed by atoms with E-state index in [1.807, 2.05) is 0 Å². The van der Waals surface area contributed by atoms with Gasteiger partial charge in [-0.1, -0.05) is 6.92 Å². The van der Waals surface area contributed by atoms with Crippen molar-refractivity contribution in [3.8, 4) is 0 Å². The molecule has 58 valence electrons. The van der Waals surface area contributed by atoms with Gasteiger partial charge in [0.05, 0.1) is 11.7 Å². The third-order valence-corrected chi connectivity index (χ3v) is 3.04. The van der Waals surface area contributed by atoms with Crippen molar-refractivity contribution < 1.29 is 6.11 Å². The summed E-state index contributed by atoms with van der Waals surface area (Å²) >= 11 is 0. The zero-order valence-corrected chi connectivity index (χ0v) is 6.76. The Bertz CT molecular complexity index is 171. The van der Waals surface area contributed by atoms with Crippen LogP contribution in [0.1, 0.15) is 40.9 Å². The Labute approximate surface area is 64.2 Å². The lowest BCUT2D eigenvalue weighted by atomic mass is 10.00. The van der Waals surface area contributed by atoms with Gasteiger partial charge in [-0.15, -0.1) is 0 Å². The molecule has 4 atom stereocenters. The first-order valence-corrected chi connectivity index (χ1v) is 4.29. The molecule has 1 aliphatic carbocycles. The van der Waals surface area contributed by atoms with Crippen LogP contribution in [-0.2, 0) is 4.74 Å². The largest absolute Gasteiger partial charge is 0.372 e. The Balaban J connectivity index is 2.24. The van der Waals surface area contributed by atoms with Gasteiger partial charge in [0.25, 0.3) is 0 Å². The van der Waals surface area contributed by atoms with Crippen molar-refractivity contribution in [3.63, 3.8) is 0 Å². The van der Waals surface area contributed by atoms with E-state index in [0.29, 0.717) is 12.0 Å². The first kappa shape index (κ1) is 5.59. The molecule has 2 bridgehead atoms. The number of fused-ring (bicyclic) bond motifs is 2. The number of rotatable bonds is 1. The average molecular weight is 142 g/mol. The van der Waals surface area contributed by atoms with Gasteiger partial charge in [-0.2, -0.15) is 0 Å². The van der Waals surface area contributed by atoms with Crippen molar-refractivity contribution in [1.82, 2.24) is 0 Å². The fourth-order valence-corrected chi connectivity index (χ4v) is 2.27. The van der Waals surface area contributed by atoms with E-state index in [4.69, 9.17) is 6.11 Å². The lowest BCUT2D eigenvalue weighted by molar-refractivity contribution is -0.0636. The number of ether oxygens (including phenoxy) is 1. The van der Waals surface area contributed by atoms with Crippen molar-refractivity contribution in [3.05, 3.63) is 0 Å². The summed E-state index contributed by atoms with van der Waals surface area (Å²) in [4.78, 5) is 0. The van der Waals surface area contributed by atoms with Gasteiger partial charge >= 0.3 is 0 Å². The normalized spacial score (nSPS) is 61.0. The standard InChI is InChI=1S/C9H16O/c1-3-9-5-4-8(6-9)7(2)10-9/h7-8H,3-6H2,1-2H3/t7-,8+,9+/m0/s1/i6T/t6?,7-,8+,9+. The van der Waals surface area contributed by atoms with E-state index in [0.717, 1.165) is 12.8 Å². The molecule has 0 spiro atoms. The fraction of sp³-hybridized carbons (Fsp3) is 1.00. The van der Waals surface area contributed by atoms with E-state index in [1.54, 1.807) is 0 Å². The molecule has 2 rings (SSSR count). The highest BCUT2D eigenvalue weighted by atomic mass is 16.5. The van der Waals surface area contributed by atoms with Crippen LogP contribution in [0.25, 0.3) is 0 Å². The van der Waals surface area contributed by atoms with E-state index in [-0.39, 0.29) is 12.0 Å². The molecule has 0 N–H and O–H groups in total. The number of hydrogen-bond donors (Lipinski definition) is 0. The molecule has 1 unspecified atom stereocenters. The molecule has 1 nitrogen and oxygen atoms in total. The van der Waals surface area contributed by atoms with Crippen molar-refractivity contribution in [2.24, 2.45) is 5.92 Å². The third kappa shape index (κ3) is 0.731. The quantitative estimate of drug-likeness (QED) is 0.546. The molecule has 0 aromatic heterocycles. The second-order valence-corrected chi connectivity index (χ2v) is 3.61. The van der Waals surface area contributed by atoms with Crippen LogP contribution < -0.4 is 0 Å². The molecule has 2 aliphatic rings. The molecule has 1 heteroatoms. The Kier molecular flexibility index (Phi) is 1.10. The lowest BCUT2D eigenvalue weighted by Gasteiger charge is -2.28. The summed E-state index contributed by atoms with van der Waals surface area (Å²) in [6, 6.07) is 0. The summed E-state index contributed by atoms with van der Waals surface area (Å²) in [5.74, 6) is 0.523. The van der Waals surface area contributed by atoms with E-state index in [9.17, 15) is 0 Å². The van der Waals surface area contributed by atoms with Crippen LogP contribution in [0.4, 0.5) is 0 Å². The van der Waals surface area contributed by atoms with Crippen LogP contribution in [0.2, 0.25) is 0 Å². The highest BCUT2D eigenvalue weighted by Gasteiger charge is 2.48. The van der Waals surface area contributed by atoms with E-state index >= 15 is 0 Å². The minimum absolute atomic E-state index is 0.0515. The summed E-state index contributed by atoms with van der Waals surface area (Å²) in [6.45, 7) is 4.25. The predicted molar refractivity (Wildman–Crippen MR) is 40.9 cm³/mol. The molecule has 0 amide bonds. The monoisotopic (exact) mass is 142 g/mol. The Morgan fingerprint density at radius 3 is 2.90 bits per heavy atom. The zero-order valence-electron chi connectivity index (χ0n) is 7.76. The van der Waals surface area contributed by atoms with E-state index in [2.05, 4.69) is 13.8 Å². The van der Waals surface area contributed by atoms with Gasteiger partial charge < -0.3 is 4.74 Å². The van der Waals surface area contributed by atoms with Gasteiger partial charge in [0.15, 0.2) is 0 Å². The van der Waals surface area contributed by atoms with Gasteiger partial charge in [0.1, 0.15) is 0 Å². The van der Waals surface area contributed by atoms with Crippen molar-refractivity contribution >= 4 is 0 Å². The Morgan fingerprint density at radius 2 is 2.60 bits per heavy atom. The smallest absolute Gasteiger partial charge is 0.0687 e. The molecule has 10 heavy (non-hydrogen) atoms. The van der Waals surface area contributed by atoms with Gasteiger partial charge in [-0.3, -0.25) is 0 Å². The van der Waals surface area contributed by atoms with Gasteiger partial charge in [-0.25, -0.2) is 0 Å². The third-order valence-electron chi connectivity index (χ3n) is 3.04. The van der Waals surface area contributed by atoms with Gasteiger partial charge in [0.2, 0.25) is 0 Å². The van der Waals surface area contributed by atoms with Gasteiger partial charge in [-0.05, 0) is 38.5 Å². The topological polar surface area (TPSA) is 9.23 Å². The van der Waals surface area contributed by atoms with Crippen LogP contribution in [-0.4, -0.2) is 11.7 Å². The second kappa shape index (κ2) is 1.97. The SMILES string of the molecule is [3H]C1[C@H]2CC[C@@]1(CC)O[C@H]2C. The van der Waals surface area contributed by atoms with Crippen LogP contribution in [0.5, 0.6) is 0 Å². The predicted octanol–water partition coefficient (Wildman–Crippen LogP) is 2.35. The maximum atomic E-state index is 7.96. The Morgan fingerprint density at radius 1 is 1.80 bits per heavy atom. The molecule has 2 fully saturated rings. The van der Waals surface area contributed by atoms with E-state index < -0.39 is 0 Å².